The minimum atomic E-state index is -0.461. The average Bonchev–Trinajstić information content (AvgIpc) is 2.71. The Labute approximate surface area is 191 Å². The predicted molar refractivity (Wildman–Crippen MR) is 130 cm³/mol. The lowest BCUT2D eigenvalue weighted by molar-refractivity contribution is -0.117. The molecule has 2 rings (SSSR count). The van der Waals surface area contributed by atoms with Gasteiger partial charge in [0.15, 0.2) is 0 Å². The Morgan fingerprint density at radius 3 is 2.38 bits per heavy atom. The van der Waals surface area contributed by atoms with E-state index in [1.807, 2.05) is 25.2 Å². The first kappa shape index (κ1) is 24.9. The molecular formula is C27H34N2O3. The standard InChI is InChI=1S/C27H34N2O3/c1-19(11-16-24-21(3)10-7-17-27(24,4)5)8-6-9-20(2)18-25(31)28-29-26(32)22-12-14-23(30)15-13-22/h6,8-9,11-16,18,30H,7,10,17H2,1-5H3,(H,28,31)(H,29,32)/b9-6+,16-11+,19-8+,20-18+. The second kappa shape index (κ2) is 11.3. The van der Waals surface area contributed by atoms with Gasteiger partial charge in [0.25, 0.3) is 11.8 Å². The van der Waals surface area contributed by atoms with E-state index in [9.17, 15) is 14.7 Å². The lowest BCUT2D eigenvalue weighted by Gasteiger charge is -2.32. The Kier molecular flexibility index (Phi) is 8.82. The summed E-state index contributed by atoms with van der Waals surface area (Å²) in [6, 6.07) is 5.75. The third kappa shape index (κ3) is 7.73. The summed E-state index contributed by atoms with van der Waals surface area (Å²) in [5.74, 6) is -0.820. The number of hydrogen-bond acceptors (Lipinski definition) is 3. The molecule has 32 heavy (non-hydrogen) atoms. The first-order valence-electron chi connectivity index (χ1n) is 10.9. The van der Waals surface area contributed by atoms with Gasteiger partial charge in [0.05, 0.1) is 0 Å². The highest BCUT2D eigenvalue weighted by Crippen LogP contribution is 2.40. The molecule has 1 aliphatic rings. The molecular weight excluding hydrogens is 400 g/mol. The number of benzene rings is 1. The van der Waals surface area contributed by atoms with Crippen LogP contribution in [-0.2, 0) is 4.79 Å². The molecule has 0 aromatic heterocycles. The number of nitrogens with one attached hydrogen (secondary N) is 2. The van der Waals surface area contributed by atoms with Gasteiger partial charge in [-0.25, -0.2) is 0 Å². The number of hydrazine groups is 1. The third-order valence-electron chi connectivity index (χ3n) is 5.56. The number of allylic oxidation sites excluding steroid dienone is 9. The molecule has 1 aromatic carbocycles. The fraction of sp³-hybridized carbons (Fsp3) is 0.333. The van der Waals surface area contributed by atoms with Crippen LogP contribution in [0.2, 0.25) is 0 Å². The molecule has 0 fully saturated rings. The summed E-state index contributed by atoms with van der Waals surface area (Å²) in [5, 5.41) is 9.26. The van der Waals surface area contributed by atoms with Crippen molar-refractivity contribution in [3.8, 4) is 5.75 Å². The average molecular weight is 435 g/mol. The van der Waals surface area contributed by atoms with E-state index in [0.29, 0.717) is 5.56 Å². The largest absolute Gasteiger partial charge is 0.508 e. The van der Waals surface area contributed by atoms with E-state index in [-0.39, 0.29) is 11.2 Å². The normalized spacial score (nSPS) is 17.2. The first-order valence-corrected chi connectivity index (χ1v) is 10.9. The zero-order valence-electron chi connectivity index (χ0n) is 19.7. The monoisotopic (exact) mass is 434 g/mol. The molecule has 1 aromatic rings. The molecule has 170 valence electrons. The van der Waals surface area contributed by atoms with Gasteiger partial charge in [-0.2, -0.15) is 0 Å². The van der Waals surface area contributed by atoms with Crippen LogP contribution < -0.4 is 10.9 Å². The molecule has 0 spiro atoms. The van der Waals surface area contributed by atoms with Crippen molar-refractivity contribution in [3.63, 3.8) is 0 Å². The molecule has 0 bridgehead atoms. The molecule has 0 saturated heterocycles. The minimum absolute atomic E-state index is 0.0701. The SMILES string of the molecule is CC1=C(/C=C/C(C)=C/C=C/C(C)=C/C(=O)NNC(=O)c2ccc(O)cc2)C(C)(C)CCC1. The number of carbonyl (C=O) groups is 2. The summed E-state index contributed by atoms with van der Waals surface area (Å²) in [5.41, 5.74) is 10.0. The lowest BCUT2D eigenvalue weighted by atomic mass is 9.72. The molecule has 0 unspecified atom stereocenters. The zero-order valence-corrected chi connectivity index (χ0v) is 19.7. The molecule has 0 heterocycles. The van der Waals surface area contributed by atoms with E-state index in [0.717, 1.165) is 11.1 Å². The number of hydrogen-bond donors (Lipinski definition) is 3. The number of rotatable bonds is 6. The maximum atomic E-state index is 12.0. The van der Waals surface area contributed by atoms with Gasteiger partial charge >= 0.3 is 0 Å². The Morgan fingerprint density at radius 1 is 1.03 bits per heavy atom. The van der Waals surface area contributed by atoms with Crippen LogP contribution in [0.5, 0.6) is 5.75 Å². The van der Waals surface area contributed by atoms with E-state index in [1.165, 1.54) is 60.8 Å². The van der Waals surface area contributed by atoms with Gasteiger partial charge in [-0.1, -0.05) is 55.4 Å². The molecule has 2 amide bonds. The van der Waals surface area contributed by atoms with Gasteiger partial charge in [-0.15, -0.1) is 0 Å². The fourth-order valence-corrected chi connectivity index (χ4v) is 3.73. The lowest BCUT2D eigenvalue weighted by Crippen LogP contribution is -2.40. The topological polar surface area (TPSA) is 78.4 Å². The molecule has 0 radical (unpaired) electrons. The van der Waals surface area contributed by atoms with Crippen LogP contribution in [-0.4, -0.2) is 16.9 Å². The van der Waals surface area contributed by atoms with Crippen molar-refractivity contribution in [2.75, 3.05) is 0 Å². The van der Waals surface area contributed by atoms with Gasteiger partial charge in [-0.3, -0.25) is 20.4 Å². The van der Waals surface area contributed by atoms with Gasteiger partial charge in [0.1, 0.15) is 5.75 Å². The van der Waals surface area contributed by atoms with Crippen molar-refractivity contribution in [2.45, 2.75) is 53.9 Å². The summed E-state index contributed by atoms with van der Waals surface area (Å²) in [6.45, 7) is 10.7. The van der Waals surface area contributed by atoms with Crippen LogP contribution in [0.15, 0.2) is 83.0 Å². The number of phenolic OH excluding ortho intramolecular Hbond substituents is 1. The summed E-state index contributed by atoms with van der Waals surface area (Å²) in [7, 11) is 0. The molecule has 0 atom stereocenters. The van der Waals surface area contributed by atoms with Gasteiger partial charge in [0, 0.05) is 11.6 Å². The maximum Gasteiger partial charge on any atom is 0.269 e. The van der Waals surface area contributed by atoms with Crippen LogP contribution in [0.3, 0.4) is 0 Å². The summed E-state index contributed by atoms with van der Waals surface area (Å²) in [4.78, 5) is 24.0. The molecule has 0 aliphatic heterocycles. The third-order valence-corrected chi connectivity index (χ3v) is 5.56. The van der Waals surface area contributed by atoms with E-state index < -0.39 is 11.8 Å². The summed E-state index contributed by atoms with van der Waals surface area (Å²) >= 11 is 0. The van der Waals surface area contributed by atoms with Crippen LogP contribution in [0, 0.1) is 5.41 Å². The summed E-state index contributed by atoms with van der Waals surface area (Å²) in [6.07, 6.45) is 15.2. The number of phenols is 1. The molecule has 1 aliphatic carbocycles. The highest BCUT2D eigenvalue weighted by Gasteiger charge is 2.26. The van der Waals surface area contributed by atoms with Crippen molar-refractivity contribution in [3.05, 3.63) is 88.6 Å². The Hall–Kier alpha value is -3.34. The highest BCUT2D eigenvalue weighted by atomic mass is 16.3. The van der Waals surface area contributed by atoms with Gasteiger partial charge < -0.3 is 5.11 Å². The van der Waals surface area contributed by atoms with Crippen molar-refractivity contribution in [1.29, 1.82) is 0 Å². The van der Waals surface area contributed by atoms with E-state index in [1.54, 1.807) is 0 Å². The second-order valence-electron chi connectivity index (χ2n) is 8.91. The second-order valence-corrected chi connectivity index (χ2v) is 8.91. The highest BCUT2D eigenvalue weighted by molar-refractivity contribution is 5.97. The van der Waals surface area contributed by atoms with Crippen molar-refractivity contribution in [2.24, 2.45) is 5.41 Å². The van der Waals surface area contributed by atoms with Gasteiger partial charge in [0.2, 0.25) is 0 Å². The van der Waals surface area contributed by atoms with E-state index in [4.69, 9.17) is 0 Å². The predicted octanol–water partition coefficient (Wildman–Crippen LogP) is 5.68. The zero-order chi connectivity index (χ0) is 23.7. The van der Waals surface area contributed by atoms with Crippen molar-refractivity contribution < 1.29 is 14.7 Å². The van der Waals surface area contributed by atoms with Crippen LogP contribution >= 0.6 is 0 Å². The molecule has 5 heteroatoms. The van der Waals surface area contributed by atoms with Crippen LogP contribution in [0.4, 0.5) is 0 Å². The Balaban J connectivity index is 1.88. The van der Waals surface area contributed by atoms with E-state index in [2.05, 4.69) is 50.7 Å². The smallest absolute Gasteiger partial charge is 0.269 e. The van der Waals surface area contributed by atoms with Crippen LogP contribution in [0.25, 0.3) is 0 Å². The maximum absolute atomic E-state index is 12.0. The summed E-state index contributed by atoms with van der Waals surface area (Å²) < 4.78 is 0. The van der Waals surface area contributed by atoms with E-state index >= 15 is 0 Å². The van der Waals surface area contributed by atoms with Crippen molar-refractivity contribution >= 4 is 11.8 Å². The van der Waals surface area contributed by atoms with Crippen molar-refractivity contribution in [1.82, 2.24) is 10.9 Å². The molecule has 3 N–H and O–H groups in total. The van der Waals surface area contributed by atoms with Gasteiger partial charge in [-0.05, 0) is 80.9 Å². The Bertz CT molecular complexity index is 990. The molecule has 5 nitrogen and oxygen atoms in total. The Morgan fingerprint density at radius 2 is 1.72 bits per heavy atom. The number of carbonyl (C=O) groups excluding carboxylic acids is 2. The minimum Gasteiger partial charge on any atom is -0.508 e. The number of aromatic hydroxyl groups is 1. The van der Waals surface area contributed by atoms with Crippen LogP contribution in [0.1, 0.15) is 64.2 Å². The fourth-order valence-electron chi connectivity index (χ4n) is 3.73. The quantitative estimate of drug-likeness (QED) is 0.306. The molecule has 0 saturated carbocycles. The first-order chi connectivity index (χ1) is 15.1. The number of amides is 2.